The second-order valence-corrected chi connectivity index (χ2v) is 5.50. The smallest absolute Gasteiger partial charge is 0.336 e. The van der Waals surface area contributed by atoms with Crippen LogP contribution < -0.4 is 0 Å². The van der Waals surface area contributed by atoms with Gasteiger partial charge in [-0.2, -0.15) is 13.2 Å². The van der Waals surface area contributed by atoms with E-state index < -0.39 is 29.3 Å². The summed E-state index contributed by atoms with van der Waals surface area (Å²) in [6.45, 7) is 0.0801. The molecule has 2 aromatic rings. The molecular weight excluding hydrogens is 344 g/mol. The van der Waals surface area contributed by atoms with E-state index in [2.05, 4.69) is 10.3 Å². The van der Waals surface area contributed by atoms with Crippen LogP contribution in [0.25, 0.3) is 5.69 Å². The number of piperidine rings is 1. The molecule has 1 saturated heterocycles. The highest BCUT2D eigenvalue weighted by Gasteiger charge is 2.43. The number of aromatic nitrogens is 3. The molecule has 25 heavy (non-hydrogen) atoms. The predicted octanol–water partition coefficient (Wildman–Crippen LogP) is 2.23. The highest BCUT2D eigenvalue weighted by Crippen LogP contribution is 2.33. The summed E-state index contributed by atoms with van der Waals surface area (Å²) in [5.41, 5.74) is -2.25. The summed E-state index contributed by atoms with van der Waals surface area (Å²) in [5.74, 6) is -1.60. The standard InChI is InChI=1S/C15H12F4N4O2/c16-9-1-3-10(4-2-9)23-13(15(17,18)19)12(20-21-23)14(25)22-7-5-11(24)6-8-22/h1-4H,5-8H2. The van der Waals surface area contributed by atoms with Gasteiger partial charge in [-0.3, -0.25) is 9.59 Å². The lowest BCUT2D eigenvalue weighted by Gasteiger charge is -2.25. The van der Waals surface area contributed by atoms with Crippen LogP contribution in [0, 0.1) is 5.82 Å². The minimum absolute atomic E-state index is 0.0401. The van der Waals surface area contributed by atoms with E-state index in [1.807, 2.05) is 0 Å². The van der Waals surface area contributed by atoms with Crippen molar-refractivity contribution in [2.24, 2.45) is 0 Å². The van der Waals surface area contributed by atoms with Crippen LogP contribution in [-0.2, 0) is 11.0 Å². The molecule has 0 unspecified atom stereocenters. The summed E-state index contributed by atoms with van der Waals surface area (Å²) in [5, 5.41) is 6.82. The van der Waals surface area contributed by atoms with Crippen LogP contribution in [-0.4, -0.2) is 44.7 Å². The molecule has 6 nitrogen and oxygen atoms in total. The molecule has 1 amide bonds. The van der Waals surface area contributed by atoms with E-state index in [4.69, 9.17) is 0 Å². The molecule has 1 aliphatic heterocycles. The second-order valence-electron chi connectivity index (χ2n) is 5.50. The average molecular weight is 356 g/mol. The second kappa shape index (κ2) is 6.26. The molecule has 0 bridgehead atoms. The van der Waals surface area contributed by atoms with E-state index >= 15 is 0 Å². The molecule has 0 aliphatic carbocycles. The van der Waals surface area contributed by atoms with Gasteiger partial charge in [-0.15, -0.1) is 5.10 Å². The molecule has 0 radical (unpaired) electrons. The number of benzene rings is 1. The van der Waals surface area contributed by atoms with Gasteiger partial charge >= 0.3 is 6.18 Å². The molecule has 1 aliphatic rings. The van der Waals surface area contributed by atoms with Crippen molar-refractivity contribution in [2.75, 3.05) is 13.1 Å². The number of nitrogens with zero attached hydrogens (tertiary/aromatic N) is 4. The Labute approximate surface area is 139 Å². The third-order valence-electron chi connectivity index (χ3n) is 3.82. The number of hydrogen-bond donors (Lipinski definition) is 0. The first kappa shape index (κ1) is 17.1. The van der Waals surface area contributed by atoms with Gasteiger partial charge in [-0.1, -0.05) is 5.21 Å². The number of carbonyl (C=O) groups excluding carboxylic acids is 2. The van der Waals surface area contributed by atoms with E-state index in [1.54, 1.807) is 0 Å². The molecule has 0 spiro atoms. The number of Topliss-reactive ketones (excluding diaryl/α,β-unsaturated/α-hetero) is 1. The number of halogens is 4. The lowest BCUT2D eigenvalue weighted by molar-refractivity contribution is -0.143. The maximum Gasteiger partial charge on any atom is 0.435 e. The third-order valence-corrected chi connectivity index (χ3v) is 3.82. The lowest BCUT2D eigenvalue weighted by atomic mass is 10.1. The van der Waals surface area contributed by atoms with Crippen molar-refractivity contribution < 1.29 is 27.2 Å². The van der Waals surface area contributed by atoms with Crippen molar-refractivity contribution in [1.29, 1.82) is 0 Å². The van der Waals surface area contributed by atoms with Crippen molar-refractivity contribution >= 4 is 11.7 Å². The Morgan fingerprint density at radius 1 is 1.08 bits per heavy atom. The zero-order valence-corrected chi connectivity index (χ0v) is 12.8. The molecule has 132 valence electrons. The number of rotatable bonds is 2. The van der Waals surface area contributed by atoms with Crippen LogP contribution in [0.2, 0.25) is 0 Å². The minimum atomic E-state index is -4.89. The van der Waals surface area contributed by atoms with Gasteiger partial charge in [0.15, 0.2) is 11.4 Å². The molecule has 3 rings (SSSR count). The van der Waals surface area contributed by atoms with E-state index in [0.29, 0.717) is 4.68 Å². The quantitative estimate of drug-likeness (QED) is 0.774. The Morgan fingerprint density at radius 3 is 2.24 bits per heavy atom. The van der Waals surface area contributed by atoms with Gasteiger partial charge in [0.25, 0.3) is 5.91 Å². The summed E-state index contributed by atoms with van der Waals surface area (Å²) in [7, 11) is 0. The molecule has 1 aromatic carbocycles. The van der Waals surface area contributed by atoms with Crippen LogP contribution in [0.1, 0.15) is 29.0 Å². The summed E-state index contributed by atoms with van der Waals surface area (Å²) < 4.78 is 53.9. The van der Waals surface area contributed by atoms with Crippen molar-refractivity contribution in [2.45, 2.75) is 19.0 Å². The Balaban J connectivity index is 2.01. The van der Waals surface area contributed by atoms with Crippen LogP contribution in [0.3, 0.4) is 0 Å². The average Bonchev–Trinajstić information content (AvgIpc) is 3.01. The summed E-state index contributed by atoms with van der Waals surface area (Å²) in [6.07, 6.45) is -4.70. The first-order chi connectivity index (χ1) is 11.8. The first-order valence-corrected chi connectivity index (χ1v) is 7.37. The number of carbonyl (C=O) groups is 2. The molecule has 2 heterocycles. The lowest BCUT2D eigenvalue weighted by Crippen LogP contribution is -2.39. The maximum absolute atomic E-state index is 13.5. The van der Waals surface area contributed by atoms with Gasteiger partial charge in [-0.25, -0.2) is 9.07 Å². The molecule has 10 heteroatoms. The number of alkyl halides is 3. The van der Waals surface area contributed by atoms with Gasteiger partial charge in [0, 0.05) is 25.9 Å². The molecule has 0 N–H and O–H groups in total. The van der Waals surface area contributed by atoms with Crippen LogP contribution in [0.15, 0.2) is 24.3 Å². The molecule has 0 saturated carbocycles. The molecule has 1 aromatic heterocycles. The fourth-order valence-corrected chi connectivity index (χ4v) is 2.55. The Kier molecular flexibility index (Phi) is 4.27. The number of likely N-dealkylation sites (tertiary alicyclic amines) is 1. The largest absolute Gasteiger partial charge is 0.435 e. The van der Waals surface area contributed by atoms with Crippen LogP contribution in [0.5, 0.6) is 0 Å². The van der Waals surface area contributed by atoms with Crippen molar-refractivity contribution in [3.05, 3.63) is 41.5 Å². The topological polar surface area (TPSA) is 68.1 Å². The highest BCUT2D eigenvalue weighted by atomic mass is 19.4. The van der Waals surface area contributed by atoms with Gasteiger partial charge in [0.05, 0.1) is 5.69 Å². The SMILES string of the molecule is O=C1CCN(C(=O)c2nnn(-c3ccc(F)cc3)c2C(F)(F)F)CC1. The third kappa shape index (κ3) is 3.37. The van der Waals surface area contributed by atoms with Gasteiger partial charge in [0.1, 0.15) is 11.6 Å². The zero-order chi connectivity index (χ0) is 18.2. The Morgan fingerprint density at radius 2 is 1.68 bits per heavy atom. The van der Waals surface area contributed by atoms with Crippen LogP contribution in [0.4, 0.5) is 17.6 Å². The number of ketones is 1. The minimum Gasteiger partial charge on any atom is -0.336 e. The van der Waals surface area contributed by atoms with E-state index in [9.17, 15) is 27.2 Å². The highest BCUT2D eigenvalue weighted by molar-refractivity contribution is 5.95. The van der Waals surface area contributed by atoms with E-state index in [1.165, 1.54) is 0 Å². The van der Waals surface area contributed by atoms with E-state index in [-0.39, 0.29) is 37.4 Å². The maximum atomic E-state index is 13.5. The van der Waals surface area contributed by atoms with Gasteiger partial charge in [0.2, 0.25) is 0 Å². The normalized spacial score (nSPS) is 15.5. The van der Waals surface area contributed by atoms with Crippen molar-refractivity contribution in [1.82, 2.24) is 19.9 Å². The number of amides is 1. The predicted molar refractivity (Wildman–Crippen MR) is 76.5 cm³/mol. The van der Waals surface area contributed by atoms with Gasteiger partial charge in [-0.05, 0) is 24.3 Å². The van der Waals surface area contributed by atoms with Gasteiger partial charge < -0.3 is 4.90 Å². The molecule has 0 atom stereocenters. The van der Waals surface area contributed by atoms with Crippen molar-refractivity contribution in [3.63, 3.8) is 0 Å². The summed E-state index contributed by atoms with van der Waals surface area (Å²) in [4.78, 5) is 24.8. The zero-order valence-electron chi connectivity index (χ0n) is 12.8. The number of hydrogen-bond acceptors (Lipinski definition) is 4. The fourth-order valence-electron chi connectivity index (χ4n) is 2.55. The summed E-state index contributed by atoms with van der Waals surface area (Å²) >= 11 is 0. The van der Waals surface area contributed by atoms with E-state index in [0.717, 1.165) is 29.2 Å². The fraction of sp³-hybridized carbons (Fsp3) is 0.333. The van der Waals surface area contributed by atoms with Crippen LogP contribution >= 0.6 is 0 Å². The van der Waals surface area contributed by atoms with Crippen molar-refractivity contribution in [3.8, 4) is 5.69 Å². The Bertz CT molecular complexity index is 804. The Hall–Kier alpha value is -2.78. The first-order valence-electron chi connectivity index (χ1n) is 7.37. The molecular formula is C15H12F4N4O2. The summed E-state index contributed by atoms with van der Waals surface area (Å²) in [6, 6.07) is 4.17. The molecule has 1 fully saturated rings. The monoisotopic (exact) mass is 356 g/mol.